The maximum Gasteiger partial charge on any atom is 0.123 e. The van der Waals surface area contributed by atoms with E-state index >= 15 is 0 Å². The maximum absolute atomic E-state index is 13.2. The van der Waals surface area contributed by atoms with Gasteiger partial charge in [0.25, 0.3) is 0 Å². The Hall–Kier alpha value is -1.88. The van der Waals surface area contributed by atoms with Crippen molar-refractivity contribution >= 4 is 0 Å². The van der Waals surface area contributed by atoms with Gasteiger partial charge in [-0.1, -0.05) is 0 Å². The highest BCUT2D eigenvalue weighted by Gasteiger charge is 2.12. The average molecular weight is 263 g/mol. The largest absolute Gasteiger partial charge is 0.508 e. The molecule has 4 nitrogen and oxygen atoms in total. The van der Waals surface area contributed by atoms with E-state index in [1.165, 1.54) is 18.2 Å². The minimum absolute atomic E-state index is 0.101. The van der Waals surface area contributed by atoms with Crippen molar-refractivity contribution in [1.29, 1.82) is 0 Å². The van der Waals surface area contributed by atoms with Crippen molar-refractivity contribution in [2.45, 2.75) is 26.4 Å². The first kappa shape index (κ1) is 13.5. The van der Waals surface area contributed by atoms with Gasteiger partial charge in [0, 0.05) is 37.0 Å². The second-order valence-corrected chi connectivity index (χ2v) is 4.72. The maximum atomic E-state index is 13.2. The number of benzene rings is 1. The molecule has 2 rings (SSSR count). The lowest BCUT2D eigenvalue weighted by Crippen LogP contribution is -2.18. The second-order valence-electron chi connectivity index (χ2n) is 4.72. The molecule has 0 amide bonds. The summed E-state index contributed by atoms with van der Waals surface area (Å²) in [6.07, 6.45) is 1.94. The number of aromatic hydroxyl groups is 1. The van der Waals surface area contributed by atoms with Gasteiger partial charge in [-0.25, -0.2) is 4.39 Å². The number of halogens is 1. The summed E-state index contributed by atoms with van der Waals surface area (Å²) in [6, 6.07) is 3.83. The molecule has 1 aromatic heterocycles. The van der Waals surface area contributed by atoms with Gasteiger partial charge in [0.05, 0.1) is 5.69 Å². The van der Waals surface area contributed by atoms with Crippen LogP contribution in [0.1, 0.15) is 29.8 Å². The van der Waals surface area contributed by atoms with Crippen molar-refractivity contribution in [3.63, 3.8) is 0 Å². The Morgan fingerprint density at radius 3 is 2.84 bits per heavy atom. The zero-order valence-corrected chi connectivity index (χ0v) is 11.3. The van der Waals surface area contributed by atoms with Gasteiger partial charge in [-0.3, -0.25) is 4.68 Å². The van der Waals surface area contributed by atoms with Crippen LogP contribution in [0.5, 0.6) is 5.75 Å². The molecule has 1 heterocycles. The molecule has 0 aliphatic rings. The van der Waals surface area contributed by atoms with Crippen LogP contribution in [0, 0.1) is 12.7 Å². The first-order chi connectivity index (χ1) is 8.97. The summed E-state index contributed by atoms with van der Waals surface area (Å²) >= 11 is 0. The van der Waals surface area contributed by atoms with Crippen molar-refractivity contribution in [1.82, 2.24) is 15.1 Å². The zero-order chi connectivity index (χ0) is 14.0. The van der Waals surface area contributed by atoms with E-state index in [9.17, 15) is 9.50 Å². The number of rotatable bonds is 4. The summed E-state index contributed by atoms with van der Waals surface area (Å²) in [6.45, 7) is 4.46. The fraction of sp³-hybridized carbons (Fsp3) is 0.357. The summed E-state index contributed by atoms with van der Waals surface area (Å²) in [7, 11) is 1.87. The monoisotopic (exact) mass is 263 g/mol. The van der Waals surface area contributed by atoms with Crippen LogP contribution in [0.15, 0.2) is 24.4 Å². The third kappa shape index (κ3) is 3.12. The molecule has 0 bridgehead atoms. The summed E-state index contributed by atoms with van der Waals surface area (Å²) in [5.74, 6) is -0.247. The summed E-state index contributed by atoms with van der Waals surface area (Å²) in [5, 5.41) is 17.3. The Bertz CT molecular complexity index is 580. The highest BCUT2D eigenvalue weighted by atomic mass is 19.1. The fourth-order valence-electron chi connectivity index (χ4n) is 2.07. The smallest absolute Gasteiger partial charge is 0.123 e. The van der Waals surface area contributed by atoms with E-state index in [2.05, 4.69) is 10.4 Å². The predicted octanol–water partition coefficient (Wildman–Crippen LogP) is 2.42. The Balaban J connectivity index is 2.07. The number of phenols is 1. The number of aryl methyl sites for hydroxylation is 2. The number of aromatic nitrogens is 2. The molecule has 0 spiro atoms. The molecule has 102 valence electrons. The SMILES string of the molecule is Cc1nn(C)cc1CNC(C)c1cc(F)ccc1O. The normalized spacial score (nSPS) is 12.6. The minimum Gasteiger partial charge on any atom is -0.508 e. The molecule has 0 saturated heterocycles. The van der Waals surface area contributed by atoms with Gasteiger partial charge in [-0.15, -0.1) is 0 Å². The number of hydrogen-bond donors (Lipinski definition) is 2. The van der Waals surface area contributed by atoms with Gasteiger partial charge in [-0.05, 0) is 32.0 Å². The third-order valence-corrected chi connectivity index (χ3v) is 3.17. The van der Waals surface area contributed by atoms with Gasteiger partial charge < -0.3 is 10.4 Å². The van der Waals surface area contributed by atoms with E-state index in [1.54, 1.807) is 4.68 Å². The quantitative estimate of drug-likeness (QED) is 0.890. The zero-order valence-electron chi connectivity index (χ0n) is 11.3. The molecule has 1 unspecified atom stereocenters. The van der Waals surface area contributed by atoms with Gasteiger partial charge >= 0.3 is 0 Å². The molecular formula is C14H18FN3O. The van der Waals surface area contributed by atoms with Crippen LogP contribution >= 0.6 is 0 Å². The molecule has 0 aliphatic carbocycles. The van der Waals surface area contributed by atoms with Crippen LogP contribution in [0.4, 0.5) is 4.39 Å². The lowest BCUT2D eigenvalue weighted by Gasteiger charge is -2.15. The molecule has 0 saturated carbocycles. The van der Waals surface area contributed by atoms with E-state index in [0.717, 1.165) is 11.3 Å². The lowest BCUT2D eigenvalue weighted by molar-refractivity contribution is 0.449. The Morgan fingerprint density at radius 2 is 2.21 bits per heavy atom. The fourth-order valence-corrected chi connectivity index (χ4v) is 2.07. The molecule has 0 radical (unpaired) electrons. The number of phenolic OH excluding ortho intramolecular Hbond substituents is 1. The molecule has 19 heavy (non-hydrogen) atoms. The number of nitrogens with zero attached hydrogens (tertiary/aromatic N) is 2. The van der Waals surface area contributed by atoms with Gasteiger partial charge in [0.15, 0.2) is 0 Å². The van der Waals surface area contributed by atoms with Crippen molar-refractivity contribution in [3.05, 3.63) is 47.0 Å². The molecule has 2 N–H and O–H groups in total. The van der Waals surface area contributed by atoms with E-state index < -0.39 is 0 Å². The van der Waals surface area contributed by atoms with Crippen LogP contribution in [0.2, 0.25) is 0 Å². The van der Waals surface area contributed by atoms with E-state index in [1.807, 2.05) is 27.1 Å². The topological polar surface area (TPSA) is 50.1 Å². The minimum atomic E-state index is -0.348. The van der Waals surface area contributed by atoms with Crippen LogP contribution < -0.4 is 5.32 Å². The summed E-state index contributed by atoms with van der Waals surface area (Å²) < 4.78 is 14.9. The molecule has 5 heteroatoms. The van der Waals surface area contributed by atoms with Gasteiger partial charge in [-0.2, -0.15) is 5.10 Å². The highest BCUT2D eigenvalue weighted by Crippen LogP contribution is 2.25. The Labute approximate surface area is 111 Å². The van der Waals surface area contributed by atoms with Crippen LogP contribution in [-0.2, 0) is 13.6 Å². The van der Waals surface area contributed by atoms with Crippen LogP contribution in [0.25, 0.3) is 0 Å². The lowest BCUT2D eigenvalue weighted by atomic mass is 10.1. The molecule has 0 aliphatic heterocycles. The first-order valence-electron chi connectivity index (χ1n) is 6.18. The van der Waals surface area contributed by atoms with E-state index in [4.69, 9.17) is 0 Å². The highest BCUT2D eigenvalue weighted by molar-refractivity contribution is 5.35. The summed E-state index contributed by atoms with van der Waals surface area (Å²) in [5.41, 5.74) is 2.61. The van der Waals surface area contributed by atoms with Crippen LogP contribution in [-0.4, -0.2) is 14.9 Å². The van der Waals surface area contributed by atoms with Crippen molar-refractivity contribution in [2.75, 3.05) is 0 Å². The number of nitrogens with one attached hydrogen (secondary N) is 1. The molecule has 1 atom stereocenters. The Kier molecular flexibility index (Phi) is 3.85. The van der Waals surface area contributed by atoms with Crippen molar-refractivity contribution in [3.8, 4) is 5.75 Å². The van der Waals surface area contributed by atoms with Gasteiger partial charge in [0.2, 0.25) is 0 Å². The molecule has 0 fully saturated rings. The molecular weight excluding hydrogens is 245 g/mol. The summed E-state index contributed by atoms with van der Waals surface area (Å²) in [4.78, 5) is 0. The molecule has 1 aromatic carbocycles. The average Bonchev–Trinajstić information content (AvgIpc) is 2.68. The van der Waals surface area contributed by atoms with E-state index in [0.29, 0.717) is 12.1 Å². The standard InChI is InChI=1S/C14H18FN3O/c1-9-11(8-18(3)17-9)7-16-10(2)13-6-12(15)4-5-14(13)19/h4-6,8,10,16,19H,7H2,1-3H3. The van der Waals surface area contributed by atoms with Crippen molar-refractivity contribution < 1.29 is 9.50 Å². The predicted molar refractivity (Wildman–Crippen MR) is 71.3 cm³/mol. The van der Waals surface area contributed by atoms with Crippen molar-refractivity contribution in [2.24, 2.45) is 7.05 Å². The first-order valence-corrected chi connectivity index (χ1v) is 6.18. The number of hydrogen-bond acceptors (Lipinski definition) is 3. The third-order valence-electron chi connectivity index (χ3n) is 3.17. The van der Waals surface area contributed by atoms with Gasteiger partial charge in [0.1, 0.15) is 11.6 Å². The molecule has 2 aromatic rings. The van der Waals surface area contributed by atoms with E-state index in [-0.39, 0.29) is 17.6 Å². The Morgan fingerprint density at radius 1 is 1.47 bits per heavy atom. The van der Waals surface area contributed by atoms with Crippen LogP contribution in [0.3, 0.4) is 0 Å². The second kappa shape index (κ2) is 5.40.